The maximum absolute atomic E-state index is 11.5. The molecule has 0 radical (unpaired) electrons. The molecule has 0 atom stereocenters. The van der Waals surface area contributed by atoms with E-state index in [9.17, 15) is 9.59 Å². The molecule has 0 saturated heterocycles. The smallest absolute Gasteiger partial charge is 0.358 e. The summed E-state index contributed by atoms with van der Waals surface area (Å²) in [6.07, 6.45) is 3.70. The number of carbonyl (C=O) groups is 2. The number of carboxylic acid groups (broad SMARTS) is 1. The van der Waals surface area contributed by atoms with Gasteiger partial charge < -0.3 is 15.2 Å². The summed E-state index contributed by atoms with van der Waals surface area (Å²) in [6.45, 7) is 1.63. The highest BCUT2D eigenvalue weighted by atomic mass is 16.5. The zero-order valence-corrected chi connectivity index (χ0v) is 10.4. The summed E-state index contributed by atoms with van der Waals surface area (Å²) < 4.78 is 6.55. The van der Waals surface area contributed by atoms with Gasteiger partial charge in [0.25, 0.3) is 0 Å². The third-order valence-corrected chi connectivity index (χ3v) is 2.68. The van der Waals surface area contributed by atoms with Crippen LogP contribution in [0.15, 0.2) is 6.20 Å². The lowest BCUT2D eigenvalue weighted by molar-refractivity contribution is -0.122. The molecule has 0 aromatic carbocycles. The second-order valence-corrected chi connectivity index (χ2v) is 4.47. The molecule has 1 amide bonds. The first kappa shape index (κ1) is 13.5. The van der Waals surface area contributed by atoms with Crippen molar-refractivity contribution in [2.45, 2.75) is 19.4 Å². The van der Waals surface area contributed by atoms with Crippen molar-refractivity contribution < 1.29 is 19.4 Å². The largest absolute Gasteiger partial charge is 0.476 e. The molecule has 2 N–H and O–H groups in total. The number of aromatic nitrogens is 3. The highest BCUT2D eigenvalue weighted by molar-refractivity contribution is 5.84. The van der Waals surface area contributed by atoms with Gasteiger partial charge in [0, 0.05) is 13.2 Å². The van der Waals surface area contributed by atoms with Gasteiger partial charge in [-0.05, 0) is 18.8 Å². The van der Waals surface area contributed by atoms with Crippen LogP contribution in [0, 0.1) is 5.92 Å². The first-order chi connectivity index (χ1) is 9.15. The maximum Gasteiger partial charge on any atom is 0.358 e. The van der Waals surface area contributed by atoms with Crippen LogP contribution in [0.4, 0.5) is 0 Å². The highest BCUT2D eigenvalue weighted by Gasteiger charge is 2.20. The van der Waals surface area contributed by atoms with Gasteiger partial charge in [0.1, 0.15) is 6.54 Å². The fourth-order valence-corrected chi connectivity index (χ4v) is 1.47. The second-order valence-electron chi connectivity index (χ2n) is 4.47. The molecule has 104 valence electrons. The SMILES string of the molecule is O=C(Cn1cc(C(=O)O)nn1)NCCOCC1CC1. The molecule has 1 fully saturated rings. The Morgan fingerprint density at radius 2 is 2.32 bits per heavy atom. The molecule has 1 aliphatic carbocycles. The summed E-state index contributed by atoms with van der Waals surface area (Å²) in [7, 11) is 0. The van der Waals surface area contributed by atoms with Crippen LogP contribution >= 0.6 is 0 Å². The van der Waals surface area contributed by atoms with Crippen LogP contribution in [-0.2, 0) is 16.1 Å². The fraction of sp³-hybridized carbons (Fsp3) is 0.636. The van der Waals surface area contributed by atoms with Crippen LogP contribution < -0.4 is 5.32 Å². The molecule has 0 spiro atoms. The lowest BCUT2D eigenvalue weighted by Gasteiger charge is -2.05. The van der Waals surface area contributed by atoms with Crippen molar-refractivity contribution >= 4 is 11.9 Å². The number of hydrogen-bond acceptors (Lipinski definition) is 5. The molecule has 19 heavy (non-hydrogen) atoms. The van der Waals surface area contributed by atoms with Gasteiger partial charge in [0.15, 0.2) is 5.69 Å². The Hall–Kier alpha value is -1.96. The van der Waals surface area contributed by atoms with E-state index >= 15 is 0 Å². The summed E-state index contributed by atoms with van der Waals surface area (Å²) in [4.78, 5) is 22.1. The Balaban J connectivity index is 1.60. The van der Waals surface area contributed by atoms with Crippen LogP contribution in [0.2, 0.25) is 0 Å². The van der Waals surface area contributed by atoms with E-state index in [0.717, 1.165) is 6.61 Å². The molecule has 1 heterocycles. The number of amides is 1. The molecule has 0 aliphatic heterocycles. The predicted octanol–water partition coefficient (Wildman–Crippen LogP) is -0.481. The van der Waals surface area contributed by atoms with Crippen LogP contribution in [0.5, 0.6) is 0 Å². The number of nitrogens with zero attached hydrogens (tertiary/aromatic N) is 3. The molecule has 2 rings (SSSR count). The quantitative estimate of drug-likeness (QED) is 0.617. The Labute approximate surface area is 109 Å². The number of ether oxygens (including phenoxy) is 1. The molecule has 1 aromatic heterocycles. The van der Waals surface area contributed by atoms with Crippen molar-refractivity contribution in [3.8, 4) is 0 Å². The Bertz CT molecular complexity index is 455. The molecule has 8 nitrogen and oxygen atoms in total. The number of rotatable bonds is 8. The topological polar surface area (TPSA) is 106 Å². The number of nitrogens with one attached hydrogen (secondary N) is 1. The zero-order chi connectivity index (χ0) is 13.7. The monoisotopic (exact) mass is 268 g/mol. The van der Waals surface area contributed by atoms with E-state index in [4.69, 9.17) is 9.84 Å². The van der Waals surface area contributed by atoms with Crippen LogP contribution in [-0.4, -0.2) is 51.7 Å². The van der Waals surface area contributed by atoms with Gasteiger partial charge >= 0.3 is 5.97 Å². The van der Waals surface area contributed by atoms with E-state index in [-0.39, 0.29) is 18.1 Å². The van der Waals surface area contributed by atoms with E-state index < -0.39 is 5.97 Å². The van der Waals surface area contributed by atoms with Gasteiger partial charge in [-0.25, -0.2) is 9.48 Å². The number of carbonyl (C=O) groups excluding carboxylic acids is 1. The third kappa shape index (κ3) is 4.66. The molecule has 8 heteroatoms. The van der Waals surface area contributed by atoms with Gasteiger partial charge in [-0.2, -0.15) is 0 Å². The van der Waals surface area contributed by atoms with E-state index in [2.05, 4.69) is 15.6 Å². The molecular weight excluding hydrogens is 252 g/mol. The lowest BCUT2D eigenvalue weighted by atomic mass is 10.5. The van der Waals surface area contributed by atoms with Crippen molar-refractivity contribution in [1.29, 1.82) is 0 Å². The predicted molar refractivity (Wildman–Crippen MR) is 63.5 cm³/mol. The van der Waals surface area contributed by atoms with Crippen LogP contribution in [0.25, 0.3) is 0 Å². The second kappa shape index (κ2) is 6.28. The summed E-state index contributed by atoms with van der Waals surface area (Å²) in [5.41, 5.74) is -0.180. The van der Waals surface area contributed by atoms with Crippen molar-refractivity contribution in [2.75, 3.05) is 19.8 Å². The summed E-state index contributed by atoms with van der Waals surface area (Å²) in [5, 5.41) is 18.3. The number of aromatic carboxylic acids is 1. The first-order valence-electron chi connectivity index (χ1n) is 6.13. The number of hydrogen-bond donors (Lipinski definition) is 2. The van der Waals surface area contributed by atoms with E-state index in [1.54, 1.807) is 0 Å². The molecule has 1 aliphatic rings. The summed E-state index contributed by atoms with van der Waals surface area (Å²) in [6, 6.07) is 0. The molecule has 1 aromatic rings. The van der Waals surface area contributed by atoms with Gasteiger partial charge in [-0.3, -0.25) is 4.79 Å². The van der Waals surface area contributed by atoms with Crippen LogP contribution in [0.3, 0.4) is 0 Å². The van der Waals surface area contributed by atoms with Crippen molar-refractivity contribution in [3.63, 3.8) is 0 Å². The fourth-order valence-electron chi connectivity index (χ4n) is 1.47. The first-order valence-corrected chi connectivity index (χ1v) is 6.13. The standard InChI is InChI=1S/C11H16N4O4/c16-10(12-3-4-19-7-8-1-2-8)6-15-5-9(11(17)18)13-14-15/h5,8H,1-4,6-7H2,(H,12,16)(H,17,18). The molecular formula is C11H16N4O4. The Morgan fingerprint density at radius 3 is 2.95 bits per heavy atom. The van der Waals surface area contributed by atoms with Gasteiger partial charge in [0.2, 0.25) is 5.91 Å². The minimum absolute atomic E-state index is 0.0527. The van der Waals surface area contributed by atoms with Crippen molar-refractivity contribution in [2.24, 2.45) is 5.92 Å². The maximum atomic E-state index is 11.5. The Morgan fingerprint density at radius 1 is 1.53 bits per heavy atom. The lowest BCUT2D eigenvalue weighted by Crippen LogP contribution is -2.30. The van der Waals surface area contributed by atoms with E-state index in [1.165, 1.54) is 23.7 Å². The van der Waals surface area contributed by atoms with E-state index in [0.29, 0.717) is 19.1 Å². The van der Waals surface area contributed by atoms with Gasteiger partial charge in [0.05, 0.1) is 12.8 Å². The van der Waals surface area contributed by atoms with Gasteiger partial charge in [-0.1, -0.05) is 5.21 Å². The normalized spacial score (nSPS) is 14.3. The average Bonchev–Trinajstić information content (AvgIpc) is 3.06. The molecule has 0 unspecified atom stereocenters. The zero-order valence-electron chi connectivity index (χ0n) is 10.4. The highest BCUT2D eigenvalue weighted by Crippen LogP contribution is 2.28. The summed E-state index contributed by atoms with van der Waals surface area (Å²) >= 11 is 0. The van der Waals surface area contributed by atoms with Crippen molar-refractivity contribution in [3.05, 3.63) is 11.9 Å². The van der Waals surface area contributed by atoms with Gasteiger partial charge in [-0.15, -0.1) is 5.10 Å². The Kier molecular flexibility index (Phi) is 4.45. The number of carboxylic acids is 1. The average molecular weight is 268 g/mol. The molecule has 0 bridgehead atoms. The van der Waals surface area contributed by atoms with Crippen LogP contribution in [0.1, 0.15) is 23.3 Å². The summed E-state index contributed by atoms with van der Waals surface area (Å²) in [5.74, 6) is -0.711. The van der Waals surface area contributed by atoms with E-state index in [1.807, 2.05) is 0 Å². The van der Waals surface area contributed by atoms with Crippen molar-refractivity contribution in [1.82, 2.24) is 20.3 Å². The third-order valence-electron chi connectivity index (χ3n) is 2.68. The molecule has 1 saturated carbocycles. The minimum Gasteiger partial charge on any atom is -0.476 e. The minimum atomic E-state index is -1.17.